The Labute approximate surface area is 117 Å². The van der Waals surface area contributed by atoms with Crippen LogP contribution >= 0.6 is 0 Å². The molecule has 104 valence electrons. The van der Waals surface area contributed by atoms with Gasteiger partial charge < -0.3 is 10.6 Å². The summed E-state index contributed by atoms with van der Waals surface area (Å²) >= 11 is 0. The summed E-state index contributed by atoms with van der Waals surface area (Å²) in [5, 5.41) is 5.99. The van der Waals surface area contributed by atoms with Crippen molar-refractivity contribution in [3.05, 3.63) is 59.9 Å². The van der Waals surface area contributed by atoms with Crippen molar-refractivity contribution in [2.75, 3.05) is 10.6 Å². The lowest BCUT2D eigenvalue weighted by Gasteiger charge is -2.11. The number of benzene rings is 2. The second-order valence-electron chi connectivity index (χ2n) is 4.84. The van der Waals surface area contributed by atoms with Gasteiger partial charge in [-0.25, -0.2) is 4.39 Å². The van der Waals surface area contributed by atoms with Gasteiger partial charge in [-0.3, -0.25) is 4.79 Å². The summed E-state index contributed by atoms with van der Waals surface area (Å²) in [6.07, 6.45) is 0. The second-order valence-corrected chi connectivity index (χ2v) is 4.84. The van der Waals surface area contributed by atoms with Gasteiger partial charge in [0, 0.05) is 23.0 Å². The summed E-state index contributed by atoms with van der Waals surface area (Å²) in [6, 6.07) is 13.4. The van der Waals surface area contributed by atoms with Crippen LogP contribution in [0.1, 0.15) is 24.2 Å². The lowest BCUT2D eigenvalue weighted by molar-refractivity contribution is 0.102. The van der Waals surface area contributed by atoms with Gasteiger partial charge in [-0.2, -0.15) is 0 Å². The van der Waals surface area contributed by atoms with Crippen LogP contribution in [0.4, 0.5) is 15.8 Å². The highest BCUT2D eigenvalue weighted by Crippen LogP contribution is 2.15. The lowest BCUT2D eigenvalue weighted by atomic mass is 10.2. The van der Waals surface area contributed by atoms with Gasteiger partial charge in [-0.15, -0.1) is 0 Å². The number of halogens is 1. The molecule has 0 atom stereocenters. The highest BCUT2D eigenvalue weighted by Gasteiger charge is 2.06. The Morgan fingerprint density at radius 1 is 1.05 bits per heavy atom. The Kier molecular flexibility index (Phi) is 4.35. The monoisotopic (exact) mass is 272 g/mol. The van der Waals surface area contributed by atoms with Crippen LogP contribution in [0, 0.1) is 5.82 Å². The Balaban J connectivity index is 2.04. The van der Waals surface area contributed by atoms with E-state index in [9.17, 15) is 9.18 Å². The predicted molar refractivity (Wildman–Crippen MR) is 79.6 cm³/mol. The highest BCUT2D eigenvalue weighted by atomic mass is 19.1. The molecule has 0 aliphatic carbocycles. The largest absolute Gasteiger partial charge is 0.383 e. The molecular weight excluding hydrogens is 255 g/mol. The molecule has 20 heavy (non-hydrogen) atoms. The van der Waals surface area contributed by atoms with Gasteiger partial charge in [0.25, 0.3) is 5.91 Å². The number of rotatable bonds is 4. The van der Waals surface area contributed by atoms with Crippen LogP contribution in [0.15, 0.2) is 48.5 Å². The molecule has 0 bridgehead atoms. The second kappa shape index (κ2) is 6.19. The van der Waals surface area contributed by atoms with Crippen molar-refractivity contribution in [3.63, 3.8) is 0 Å². The van der Waals surface area contributed by atoms with Gasteiger partial charge in [-0.1, -0.05) is 6.07 Å². The maximum Gasteiger partial charge on any atom is 0.255 e. The van der Waals surface area contributed by atoms with Crippen molar-refractivity contribution in [1.29, 1.82) is 0 Å². The molecule has 2 aromatic carbocycles. The molecule has 0 saturated carbocycles. The maximum atomic E-state index is 13.1. The van der Waals surface area contributed by atoms with Gasteiger partial charge >= 0.3 is 0 Å². The number of carbonyl (C=O) groups excluding carboxylic acids is 1. The van der Waals surface area contributed by atoms with Crippen LogP contribution in [0.25, 0.3) is 0 Å². The fourth-order valence-corrected chi connectivity index (χ4v) is 1.82. The molecule has 3 nitrogen and oxygen atoms in total. The third kappa shape index (κ3) is 3.82. The van der Waals surface area contributed by atoms with Crippen LogP contribution in [0.2, 0.25) is 0 Å². The summed E-state index contributed by atoms with van der Waals surface area (Å²) in [4.78, 5) is 11.9. The quantitative estimate of drug-likeness (QED) is 0.886. The van der Waals surface area contributed by atoms with Crippen molar-refractivity contribution in [2.45, 2.75) is 19.9 Å². The van der Waals surface area contributed by atoms with Crippen molar-refractivity contribution in [3.8, 4) is 0 Å². The molecule has 0 unspecified atom stereocenters. The van der Waals surface area contributed by atoms with Gasteiger partial charge in [-0.05, 0) is 56.3 Å². The van der Waals surface area contributed by atoms with Crippen molar-refractivity contribution in [1.82, 2.24) is 0 Å². The van der Waals surface area contributed by atoms with E-state index in [4.69, 9.17) is 0 Å². The summed E-state index contributed by atoms with van der Waals surface area (Å²) in [7, 11) is 0. The molecule has 0 radical (unpaired) electrons. The molecule has 0 fully saturated rings. The fourth-order valence-electron chi connectivity index (χ4n) is 1.82. The first-order valence-electron chi connectivity index (χ1n) is 6.48. The molecule has 2 N–H and O–H groups in total. The molecular formula is C16H17FN2O. The minimum absolute atomic E-state index is 0.300. The molecule has 0 aromatic heterocycles. The molecule has 0 aliphatic heterocycles. The van der Waals surface area contributed by atoms with Gasteiger partial charge in [0.05, 0.1) is 0 Å². The first-order valence-corrected chi connectivity index (χ1v) is 6.48. The predicted octanol–water partition coefficient (Wildman–Crippen LogP) is 3.90. The first-order chi connectivity index (χ1) is 9.54. The van der Waals surface area contributed by atoms with Crippen LogP contribution in [0.5, 0.6) is 0 Å². The van der Waals surface area contributed by atoms with Crippen LogP contribution in [-0.2, 0) is 0 Å². The Bertz CT molecular complexity index is 594. The van der Waals surface area contributed by atoms with E-state index in [-0.39, 0.29) is 5.91 Å². The summed E-state index contributed by atoms with van der Waals surface area (Å²) in [6.45, 7) is 4.11. The Morgan fingerprint density at radius 2 is 1.70 bits per heavy atom. The number of hydrogen-bond acceptors (Lipinski definition) is 2. The normalized spacial score (nSPS) is 10.4. The lowest BCUT2D eigenvalue weighted by Crippen LogP contribution is -2.12. The van der Waals surface area contributed by atoms with E-state index in [0.717, 1.165) is 5.69 Å². The molecule has 0 aliphatic rings. The number of nitrogens with one attached hydrogen (secondary N) is 2. The molecule has 4 heteroatoms. The summed E-state index contributed by atoms with van der Waals surface area (Å²) < 4.78 is 13.1. The van der Waals surface area contributed by atoms with Crippen molar-refractivity contribution in [2.24, 2.45) is 0 Å². The molecule has 0 spiro atoms. The SMILES string of the molecule is CC(C)Nc1ccc(NC(=O)c2cccc(F)c2)cc1. The average Bonchev–Trinajstić information content (AvgIpc) is 2.40. The molecule has 0 saturated heterocycles. The maximum absolute atomic E-state index is 13.1. The minimum Gasteiger partial charge on any atom is -0.383 e. The third-order valence-electron chi connectivity index (χ3n) is 2.68. The number of anilines is 2. The first kappa shape index (κ1) is 14.1. The van der Waals surface area contributed by atoms with E-state index >= 15 is 0 Å². The van der Waals surface area contributed by atoms with E-state index in [1.165, 1.54) is 18.2 Å². The number of carbonyl (C=O) groups is 1. The highest BCUT2D eigenvalue weighted by molar-refractivity contribution is 6.04. The van der Waals surface area contributed by atoms with Gasteiger partial charge in [0.2, 0.25) is 0 Å². The minimum atomic E-state index is -0.422. The van der Waals surface area contributed by atoms with Crippen molar-refractivity contribution >= 4 is 17.3 Å². The topological polar surface area (TPSA) is 41.1 Å². The Morgan fingerprint density at radius 3 is 2.30 bits per heavy atom. The van der Waals surface area contributed by atoms with E-state index in [1.807, 2.05) is 24.3 Å². The summed E-state index contributed by atoms with van der Waals surface area (Å²) in [5.74, 6) is -0.747. The van der Waals surface area contributed by atoms with E-state index < -0.39 is 5.82 Å². The Hall–Kier alpha value is -2.36. The van der Waals surface area contributed by atoms with E-state index in [2.05, 4.69) is 24.5 Å². The summed E-state index contributed by atoms with van der Waals surface area (Å²) in [5.41, 5.74) is 1.96. The standard InChI is InChI=1S/C16H17FN2O/c1-11(2)18-14-6-8-15(9-7-14)19-16(20)12-4-3-5-13(17)10-12/h3-11,18H,1-2H3,(H,19,20). The van der Waals surface area contributed by atoms with E-state index in [1.54, 1.807) is 6.07 Å². The number of hydrogen-bond donors (Lipinski definition) is 2. The molecule has 1 amide bonds. The fraction of sp³-hybridized carbons (Fsp3) is 0.188. The zero-order valence-corrected chi connectivity index (χ0v) is 11.5. The molecule has 2 aromatic rings. The zero-order valence-electron chi connectivity index (χ0n) is 11.5. The van der Waals surface area contributed by atoms with Gasteiger partial charge in [0.1, 0.15) is 5.82 Å². The van der Waals surface area contributed by atoms with Crippen LogP contribution < -0.4 is 10.6 Å². The van der Waals surface area contributed by atoms with Crippen LogP contribution in [-0.4, -0.2) is 11.9 Å². The number of amides is 1. The molecule has 0 heterocycles. The average molecular weight is 272 g/mol. The van der Waals surface area contributed by atoms with Crippen molar-refractivity contribution < 1.29 is 9.18 Å². The molecule has 2 rings (SSSR count). The van der Waals surface area contributed by atoms with Crippen LogP contribution in [0.3, 0.4) is 0 Å². The smallest absolute Gasteiger partial charge is 0.255 e. The zero-order chi connectivity index (χ0) is 14.5. The van der Waals surface area contributed by atoms with E-state index in [0.29, 0.717) is 17.3 Å². The van der Waals surface area contributed by atoms with Gasteiger partial charge in [0.15, 0.2) is 0 Å². The third-order valence-corrected chi connectivity index (χ3v) is 2.68.